The molecule has 1 rings (SSSR count). The fourth-order valence-corrected chi connectivity index (χ4v) is 0.313. The van der Waals surface area contributed by atoms with Crippen molar-refractivity contribution in [2.24, 2.45) is 0 Å². The van der Waals surface area contributed by atoms with Gasteiger partial charge in [-0.15, -0.1) is 12.6 Å². The molecule has 0 radical (unpaired) electrons. The van der Waals surface area contributed by atoms with Crippen molar-refractivity contribution >= 4 is 29.0 Å². The van der Waals surface area contributed by atoms with Gasteiger partial charge in [-0.25, -0.2) is 0 Å². The summed E-state index contributed by atoms with van der Waals surface area (Å²) in [5.41, 5.74) is 0.855. The maximum Gasteiger partial charge on any atom is 0.0698 e. The number of hydrogen-bond donors (Lipinski definition) is 1. The molecule has 0 amide bonds. The normalized spacial score (nSPS) is 7.83. The highest BCUT2D eigenvalue weighted by molar-refractivity contribution is 8.11. The minimum absolute atomic E-state index is 0.593. The predicted molar refractivity (Wildman–Crippen MR) is 60.6 cm³/mol. The molecule has 1 nitrogen and oxygen atoms in total. The molecular formula is C9H11NS2. The molecule has 0 saturated carbocycles. The minimum Gasteiger partial charge on any atom is -0.265 e. The van der Waals surface area contributed by atoms with Gasteiger partial charge >= 0.3 is 0 Å². The zero-order valence-corrected chi connectivity index (χ0v) is 8.61. The topological polar surface area (TPSA) is 12.9 Å². The smallest absolute Gasteiger partial charge is 0.0698 e. The van der Waals surface area contributed by atoms with Gasteiger partial charge in [0.05, 0.1) is 4.20 Å². The van der Waals surface area contributed by atoms with E-state index in [0.29, 0.717) is 4.20 Å². The average molecular weight is 197 g/mol. The highest BCUT2D eigenvalue weighted by atomic mass is 32.1. The van der Waals surface area contributed by atoms with Crippen LogP contribution >= 0.6 is 24.8 Å². The SMILES string of the molecule is C=C(C)C(=S)S.c1ccncc1. The zero-order chi connectivity index (χ0) is 9.40. The molecule has 0 saturated heterocycles. The predicted octanol–water partition coefficient (Wildman–Crippen LogP) is 2.90. The maximum absolute atomic E-state index is 4.58. The van der Waals surface area contributed by atoms with Crippen molar-refractivity contribution in [2.75, 3.05) is 0 Å². The first-order chi connectivity index (χ1) is 5.64. The van der Waals surface area contributed by atoms with Gasteiger partial charge in [0, 0.05) is 12.4 Å². The number of pyridine rings is 1. The van der Waals surface area contributed by atoms with Crippen molar-refractivity contribution in [3.8, 4) is 0 Å². The van der Waals surface area contributed by atoms with Gasteiger partial charge < -0.3 is 0 Å². The molecule has 0 aliphatic heterocycles. The molecule has 0 atom stereocenters. The summed E-state index contributed by atoms with van der Waals surface area (Å²) in [5.74, 6) is 0. The Bertz CT molecular complexity index is 205. The van der Waals surface area contributed by atoms with Crippen molar-refractivity contribution in [3.05, 3.63) is 42.7 Å². The Morgan fingerprint density at radius 3 is 1.83 bits per heavy atom. The number of aromatic nitrogens is 1. The van der Waals surface area contributed by atoms with E-state index in [0.717, 1.165) is 5.57 Å². The van der Waals surface area contributed by atoms with E-state index in [4.69, 9.17) is 0 Å². The first-order valence-corrected chi connectivity index (χ1v) is 4.24. The Hall–Kier alpha value is -0.670. The van der Waals surface area contributed by atoms with E-state index < -0.39 is 0 Å². The summed E-state index contributed by atoms with van der Waals surface area (Å²) in [6, 6.07) is 5.72. The van der Waals surface area contributed by atoms with Gasteiger partial charge in [-0.1, -0.05) is 24.9 Å². The van der Waals surface area contributed by atoms with Gasteiger partial charge in [-0.05, 0) is 24.6 Å². The fraction of sp³-hybridized carbons (Fsp3) is 0.111. The number of thiol groups is 1. The molecule has 0 spiro atoms. The molecule has 12 heavy (non-hydrogen) atoms. The Labute approximate surface area is 83.9 Å². The van der Waals surface area contributed by atoms with Gasteiger partial charge in [-0.2, -0.15) is 0 Å². The van der Waals surface area contributed by atoms with Crippen LogP contribution < -0.4 is 0 Å². The number of thiocarbonyl (C=S) groups is 1. The van der Waals surface area contributed by atoms with Crippen LogP contribution in [0.25, 0.3) is 0 Å². The van der Waals surface area contributed by atoms with E-state index >= 15 is 0 Å². The standard InChI is InChI=1S/C5H5N.C4H6S2/c1-2-4-6-5-3-1;1-3(2)4(5)6/h1-5H;1H2,2H3,(H,5,6). The van der Waals surface area contributed by atoms with E-state index in [1.54, 1.807) is 12.4 Å². The van der Waals surface area contributed by atoms with Crippen LogP contribution in [0.15, 0.2) is 42.7 Å². The van der Waals surface area contributed by atoms with Crippen LogP contribution in [-0.2, 0) is 0 Å². The average Bonchev–Trinajstić information content (AvgIpc) is 2.08. The molecule has 1 heterocycles. The maximum atomic E-state index is 4.58. The van der Waals surface area contributed by atoms with E-state index in [2.05, 4.69) is 36.4 Å². The molecule has 0 unspecified atom stereocenters. The summed E-state index contributed by atoms with van der Waals surface area (Å²) in [5, 5.41) is 0. The summed E-state index contributed by atoms with van der Waals surface area (Å²) in [4.78, 5) is 3.78. The van der Waals surface area contributed by atoms with E-state index in [-0.39, 0.29) is 0 Å². The summed E-state index contributed by atoms with van der Waals surface area (Å²) in [6.45, 7) is 5.37. The van der Waals surface area contributed by atoms with Crippen molar-refractivity contribution in [1.29, 1.82) is 0 Å². The summed E-state index contributed by atoms with van der Waals surface area (Å²) in [7, 11) is 0. The van der Waals surface area contributed by atoms with Gasteiger partial charge in [0.1, 0.15) is 0 Å². The molecule has 0 aromatic carbocycles. The molecule has 0 N–H and O–H groups in total. The highest BCUT2D eigenvalue weighted by Crippen LogP contribution is 1.94. The third-order valence-corrected chi connectivity index (χ3v) is 1.66. The van der Waals surface area contributed by atoms with Crippen LogP contribution in [0, 0.1) is 0 Å². The number of hydrogen-bond acceptors (Lipinski definition) is 2. The lowest BCUT2D eigenvalue weighted by molar-refractivity contribution is 1.33. The summed E-state index contributed by atoms with van der Waals surface area (Å²) >= 11 is 8.41. The van der Waals surface area contributed by atoms with Gasteiger partial charge in [0.2, 0.25) is 0 Å². The molecule has 0 bridgehead atoms. The molecule has 3 heteroatoms. The second-order valence-corrected chi connectivity index (χ2v) is 3.27. The Morgan fingerprint density at radius 1 is 1.33 bits per heavy atom. The molecule has 64 valence electrons. The van der Waals surface area contributed by atoms with Crippen LogP contribution in [0.2, 0.25) is 0 Å². The van der Waals surface area contributed by atoms with Crippen LogP contribution in [-0.4, -0.2) is 9.18 Å². The lowest BCUT2D eigenvalue weighted by atomic mass is 10.4. The first-order valence-electron chi connectivity index (χ1n) is 3.38. The summed E-state index contributed by atoms with van der Waals surface area (Å²) < 4.78 is 0.593. The monoisotopic (exact) mass is 197 g/mol. The molecule has 0 aliphatic rings. The number of rotatable bonds is 1. The van der Waals surface area contributed by atoms with Crippen molar-refractivity contribution in [3.63, 3.8) is 0 Å². The quantitative estimate of drug-likeness (QED) is 0.422. The van der Waals surface area contributed by atoms with Crippen LogP contribution in [0.4, 0.5) is 0 Å². The highest BCUT2D eigenvalue weighted by Gasteiger charge is 1.81. The molecule has 1 aromatic heterocycles. The Balaban J connectivity index is 0.000000202. The largest absolute Gasteiger partial charge is 0.265 e. The van der Waals surface area contributed by atoms with E-state index in [9.17, 15) is 0 Å². The second-order valence-electron chi connectivity index (χ2n) is 2.11. The molecule has 0 fully saturated rings. The molecular weight excluding hydrogens is 186 g/mol. The van der Waals surface area contributed by atoms with Crippen molar-refractivity contribution in [1.82, 2.24) is 4.98 Å². The Morgan fingerprint density at radius 2 is 1.75 bits per heavy atom. The lowest BCUT2D eigenvalue weighted by Gasteiger charge is -1.84. The third kappa shape index (κ3) is 7.44. The van der Waals surface area contributed by atoms with Crippen LogP contribution in [0.5, 0.6) is 0 Å². The Kier molecular flexibility index (Phi) is 6.61. The fourth-order valence-electron chi connectivity index (χ4n) is 0.313. The second kappa shape index (κ2) is 7.00. The minimum atomic E-state index is 0.593. The first kappa shape index (κ1) is 11.3. The zero-order valence-electron chi connectivity index (χ0n) is 6.90. The third-order valence-electron chi connectivity index (χ3n) is 0.932. The van der Waals surface area contributed by atoms with Crippen LogP contribution in [0.3, 0.4) is 0 Å². The molecule has 1 aromatic rings. The lowest BCUT2D eigenvalue weighted by Crippen LogP contribution is -1.77. The van der Waals surface area contributed by atoms with E-state index in [1.807, 2.05) is 25.1 Å². The van der Waals surface area contributed by atoms with Gasteiger partial charge in [-0.3, -0.25) is 4.98 Å². The van der Waals surface area contributed by atoms with E-state index in [1.165, 1.54) is 0 Å². The van der Waals surface area contributed by atoms with Crippen molar-refractivity contribution in [2.45, 2.75) is 6.92 Å². The number of nitrogens with zero attached hydrogens (tertiary/aromatic N) is 1. The van der Waals surface area contributed by atoms with Gasteiger partial charge in [0.25, 0.3) is 0 Å². The van der Waals surface area contributed by atoms with Gasteiger partial charge in [0.15, 0.2) is 0 Å². The molecule has 0 aliphatic carbocycles. The summed E-state index contributed by atoms with van der Waals surface area (Å²) in [6.07, 6.45) is 3.50. The van der Waals surface area contributed by atoms with Crippen molar-refractivity contribution < 1.29 is 0 Å². The van der Waals surface area contributed by atoms with Crippen LogP contribution in [0.1, 0.15) is 6.92 Å².